The van der Waals surface area contributed by atoms with Gasteiger partial charge in [-0.05, 0) is 41.8 Å². The van der Waals surface area contributed by atoms with Gasteiger partial charge in [0.2, 0.25) is 0 Å². The minimum Gasteiger partial charge on any atom is -0.493 e. The van der Waals surface area contributed by atoms with E-state index < -0.39 is 0 Å². The summed E-state index contributed by atoms with van der Waals surface area (Å²) < 4.78 is 10.0. The molecule has 0 aliphatic heterocycles. The summed E-state index contributed by atoms with van der Waals surface area (Å²) in [5, 5.41) is 0.744. The van der Waals surface area contributed by atoms with Gasteiger partial charge < -0.3 is 9.47 Å². The summed E-state index contributed by atoms with van der Waals surface area (Å²) in [4.78, 5) is 11.0. The van der Waals surface area contributed by atoms with Crippen LogP contribution in [-0.4, -0.2) is 19.7 Å². The summed E-state index contributed by atoms with van der Waals surface area (Å²) >= 11 is 5.87. The zero-order valence-electron chi connectivity index (χ0n) is 11.8. The molecule has 0 aliphatic rings. The highest BCUT2D eigenvalue weighted by atomic mass is 35.5. The van der Waals surface area contributed by atoms with Gasteiger partial charge in [0.05, 0.1) is 20.1 Å². The molecule has 0 unspecified atom stereocenters. The molecule has 0 saturated carbocycles. The number of halogens is 1. The van der Waals surface area contributed by atoms with Crippen molar-refractivity contribution in [1.82, 2.24) is 0 Å². The molecule has 2 rings (SSSR count). The molecule has 0 saturated heterocycles. The number of esters is 1. The van der Waals surface area contributed by atoms with Crippen LogP contribution in [0.5, 0.6) is 5.75 Å². The van der Waals surface area contributed by atoms with Crippen molar-refractivity contribution in [2.24, 2.45) is 0 Å². The van der Waals surface area contributed by atoms with Crippen molar-refractivity contribution in [2.75, 3.05) is 13.7 Å². The predicted octanol–water partition coefficient (Wildman–Crippen LogP) is 3.87. The lowest BCUT2D eigenvalue weighted by molar-refractivity contribution is -0.141. The van der Waals surface area contributed by atoms with E-state index in [1.54, 1.807) is 0 Å². The Morgan fingerprint density at radius 2 is 1.57 bits per heavy atom. The lowest BCUT2D eigenvalue weighted by Crippen LogP contribution is -2.07. The molecular formula is C17H17ClO3. The molecule has 0 bridgehead atoms. The van der Waals surface area contributed by atoms with Crippen molar-refractivity contribution < 1.29 is 14.3 Å². The summed E-state index contributed by atoms with van der Waals surface area (Å²) in [6, 6.07) is 15.7. The molecule has 0 radical (unpaired) electrons. The standard InChI is InChI=1S/C17H17ClO3/c1-20-17(19)10-11-21-16-8-4-14(5-9-16)12-13-2-6-15(18)7-3-13/h2-9H,10-12H2,1H3. The zero-order chi connectivity index (χ0) is 15.1. The minimum absolute atomic E-state index is 0.253. The zero-order valence-corrected chi connectivity index (χ0v) is 12.6. The molecule has 2 aromatic carbocycles. The van der Waals surface area contributed by atoms with Crippen LogP contribution in [0.15, 0.2) is 48.5 Å². The summed E-state index contributed by atoms with van der Waals surface area (Å²) in [7, 11) is 1.37. The van der Waals surface area contributed by atoms with Crippen molar-refractivity contribution in [2.45, 2.75) is 12.8 Å². The molecule has 0 aromatic heterocycles. The van der Waals surface area contributed by atoms with Gasteiger partial charge in [0.1, 0.15) is 5.75 Å². The lowest BCUT2D eigenvalue weighted by atomic mass is 10.1. The summed E-state index contributed by atoms with van der Waals surface area (Å²) in [5.74, 6) is 0.480. The molecule has 21 heavy (non-hydrogen) atoms. The first-order chi connectivity index (χ1) is 10.2. The van der Waals surface area contributed by atoms with Crippen LogP contribution in [0.25, 0.3) is 0 Å². The molecule has 3 nitrogen and oxygen atoms in total. The van der Waals surface area contributed by atoms with Crippen LogP contribution in [-0.2, 0) is 16.0 Å². The van der Waals surface area contributed by atoms with Crippen LogP contribution in [0.2, 0.25) is 5.02 Å². The first-order valence-electron chi connectivity index (χ1n) is 6.70. The maximum Gasteiger partial charge on any atom is 0.308 e. The third-order valence-electron chi connectivity index (χ3n) is 3.05. The summed E-state index contributed by atoms with van der Waals surface area (Å²) in [5.41, 5.74) is 2.40. The van der Waals surface area contributed by atoms with E-state index in [1.807, 2.05) is 48.5 Å². The van der Waals surface area contributed by atoms with Crippen LogP contribution in [0.1, 0.15) is 17.5 Å². The van der Waals surface area contributed by atoms with Crippen LogP contribution in [0.3, 0.4) is 0 Å². The summed E-state index contributed by atoms with van der Waals surface area (Å²) in [6.45, 7) is 0.323. The highest BCUT2D eigenvalue weighted by Gasteiger charge is 2.01. The molecule has 0 amide bonds. The van der Waals surface area contributed by atoms with Crippen molar-refractivity contribution >= 4 is 17.6 Å². The molecule has 0 aliphatic carbocycles. The lowest BCUT2D eigenvalue weighted by Gasteiger charge is -2.07. The smallest absolute Gasteiger partial charge is 0.308 e. The predicted molar refractivity (Wildman–Crippen MR) is 82.8 cm³/mol. The second-order valence-electron chi connectivity index (χ2n) is 4.62. The van der Waals surface area contributed by atoms with E-state index in [4.69, 9.17) is 16.3 Å². The molecule has 110 valence electrons. The Hall–Kier alpha value is -2.00. The largest absolute Gasteiger partial charge is 0.493 e. The van der Waals surface area contributed by atoms with E-state index >= 15 is 0 Å². The Bertz CT molecular complexity index is 576. The number of hydrogen-bond acceptors (Lipinski definition) is 3. The minimum atomic E-state index is -0.269. The van der Waals surface area contributed by atoms with E-state index in [0.717, 1.165) is 17.2 Å². The van der Waals surface area contributed by atoms with Gasteiger partial charge in [-0.15, -0.1) is 0 Å². The fourth-order valence-corrected chi connectivity index (χ4v) is 2.02. The number of hydrogen-bond donors (Lipinski definition) is 0. The number of carbonyl (C=O) groups excluding carboxylic acids is 1. The molecule has 2 aromatic rings. The maximum atomic E-state index is 11.0. The van der Waals surface area contributed by atoms with Crippen LogP contribution >= 0.6 is 11.6 Å². The number of carbonyl (C=O) groups is 1. The second-order valence-corrected chi connectivity index (χ2v) is 5.06. The SMILES string of the molecule is COC(=O)CCOc1ccc(Cc2ccc(Cl)cc2)cc1. The van der Waals surface area contributed by atoms with Gasteiger partial charge in [0.15, 0.2) is 0 Å². The number of rotatable bonds is 6. The van der Waals surface area contributed by atoms with Crippen molar-refractivity contribution in [1.29, 1.82) is 0 Å². The van der Waals surface area contributed by atoms with Crippen molar-refractivity contribution in [3.63, 3.8) is 0 Å². The van der Waals surface area contributed by atoms with E-state index in [9.17, 15) is 4.79 Å². The molecular weight excluding hydrogens is 288 g/mol. The number of methoxy groups -OCH3 is 1. The van der Waals surface area contributed by atoms with Gasteiger partial charge in [-0.3, -0.25) is 4.79 Å². The van der Waals surface area contributed by atoms with E-state index in [0.29, 0.717) is 6.61 Å². The second kappa shape index (κ2) is 7.70. The number of ether oxygens (including phenoxy) is 2. The quantitative estimate of drug-likeness (QED) is 0.760. The van der Waals surface area contributed by atoms with Crippen LogP contribution < -0.4 is 4.74 Å². The first-order valence-corrected chi connectivity index (χ1v) is 7.08. The normalized spacial score (nSPS) is 10.2. The fraction of sp³-hybridized carbons (Fsp3) is 0.235. The fourth-order valence-electron chi connectivity index (χ4n) is 1.90. The van der Waals surface area contributed by atoms with Gasteiger partial charge >= 0.3 is 5.97 Å². The monoisotopic (exact) mass is 304 g/mol. The Balaban J connectivity index is 1.86. The van der Waals surface area contributed by atoms with Crippen LogP contribution in [0, 0.1) is 0 Å². The average molecular weight is 305 g/mol. The Kier molecular flexibility index (Phi) is 5.64. The van der Waals surface area contributed by atoms with Crippen molar-refractivity contribution in [3.8, 4) is 5.75 Å². The third kappa shape index (κ3) is 5.12. The van der Waals surface area contributed by atoms with Gasteiger partial charge in [-0.25, -0.2) is 0 Å². The first kappa shape index (κ1) is 15.4. The van der Waals surface area contributed by atoms with Crippen molar-refractivity contribution in [3.05, 3.63) is 64.7 Å². The molecule has 0 N–H and O–H groups in total. The highest BCUT2D eigenvalue weighted by Crippen LogP contribution is 2.17. The van der Waals surface area contributed by atoms with Crippen LogP contribution in [0.4, 0.5) is 0 Å². The number of benzene rings is 2. The van der Waals surface area contributed by atoms with E-state index in [2.05, 4.69) is 4.74 Å². The van der Waals surface area contributed by atoms with E-state index in [1.165, 1.54) is 18.2 Å². The Labute approximate surface area is 129 Å². The van der Waals surface area contributed by atoms with Gasteiger partial charge in [0, 0.05) is 5.02 Å². The Morgan fingerprint density at radius 3 is 2.14 bits per heavy atom. The topological polar surface area (TPSA) is 35.5 Å². The van der Waals surface area contributed by atoms with E-state index in [-0.39, 0.29) is 12.4 Å². The average Bonchev–Trinajstić information content (AvgIpc) is 2.51. The van der Waals surface area contributed by atoms with Gasteiger partial charge in [0.25, 0.3) is 0 Å². The van der Waals surface area contributed by atoms with Gasteiger partial charge in [-0.2, -0.15) is 0 Å². The Morgan fingerprint density at radius 1 is 1.00 bits per heavy atom. The molecule has 4 heteroatoms. The molecule has 0 heterocycles. The molecule has 0 spiro atoms. The van der Waals surface area contributed by atoms with Gasteiger partial charge in [-0.1, -0.05) is 35.9 Å². The molecule has 0 atom stereocenters. The molecule has 0 fully saturated rings. The third-order valence-corrected chi connectivity index (χ3v) is 3.30. The highest BCUT2D eigenvalue weighted by molar-refractivity contribution is 6.30. The maximum absolute atomic E-state index is 11.0. The summed E-state index contributed by atoms with van der Waals surface area (Å²) in [6.07, 6.45) is 1.10.